The molecule has 0 saturated heterocycles. The predicted octanol–water partition coefficient (Wildman–Crippen LogP) is 1.51. The first kappa shape index (κ1) is 14.7. The molecule has 0 spiro atoms. The highest BCUT2D eigenvalue weighted by molar-refractivity contribution is 7.59. The molecule has 0 fully saturated rings. The fraction of sp³-hybridized carbons (Fsp3) is 0.125. The number of nitrogens with two attached hydrogens (primary N) is 1. The summed E-state index contributed by atoms with van der Waals surface area (Å²) in [4.78, 5) is 10.2. The Kier molecular flexibility index (Phi) is 8.84. The lowest BCUT2D eigenvalue weighted by atomic mass is 10.2. The summed E-state index contributed by atoms with van der Waals surface area (Å²) in [6.07, 6.45) is -0.742. The number of benzene rings is 1. The normalized spacial score (nSPS) is 7.69. The fourth-order valence-electron chi connectivity index (χ4n) is 0.729. The SMILES string of the molecule is NC(=O)OCc1ccccc1.S.S. The molecule has 0 radical (unpaired) electrons. The van der Waals surface area contributed by atoms with Gasteiger partial charge in [0.25, 0.3) is 0 Å². The Labute approximate surface area is 91.2 Å². The van der Waals surface area contributed by atoms with E-state index in [1.807, 2.05) is 30.3 Å². The monoisotopic (exact) mass is 219 g/mol. The minimum absolute atomic E-state index is 0. The summed E-state index contributed by atoms with van der Waals surface area (Å²) < 4.78 is 4.57. The second-order valence-corrected chi connectivity index (χ2v) is 2.09. The number of carbonyl (C=O) groups is 1. The van der Waals surface area contributed by atoms with Crippen LogP contribution in [-0.2, 0) is 11.3 Å². The van der Waals surface area contributed by atoms with Crippen LogP contribution in [0, 0.1) is 0 Å². The maximum Gasteiger partial charge on any atom is 0.404 e. The lowest BCUT2D eigenvalue weighted by molar-refractivity contribution is 0.150. The highest BCUT2D eigenvalue weighted by Crippen LogP contribution is 1.99. The van der Waals surface area contributed by atoms with Crippen molar-refractivity contribution in [3.05, 3.63) is 35.9 Å². The van der Waals surface area contributed by atoms with E-state index in [1.165, 1.54) is 0 Å². The van der Waals surface area contributed by atoms with Crippen LogP contribution in [0.1, 0.15) is 5.56 Å². The van der Waals surface area contributed by atoms with Crippen molar-refractivity contribution < 1.29 is 9.53 Å². The van der Waals surface area contributed by atoms with E-state index in [9.17, 15) is 4.79 Å². The van der Waals surface area contributed by atoms with Gasteiger partial charge in [-0.05, 0) is 5.56 Å². The largest absolute Gasteiger partial charge is 0.445 e. The molecule has 0 bridgehead atoms. The standard InChI is InChI=1S/C8H9NO2.2H2S/c9-8(10)11-6-7-4-2-1-3-5-7;;/h1-5H,6H2,(H2,9,10);2*1H2. The summed E-state index contributed by atoms with van der Waals surface area (Å²) in [5.41, 5.74) is 5.72. The summed E-state index contributed by atoms with van der Waals surface area (Å²) >= 11 is 0. The van der Waals surface area contributed by atoms with Gasteiger partial charge < -0.3 is 10.5 Å². The average molecular weight is 219 g/mol. The maximum absolute atomic E-state index is 10.2. The van der Waals surface area contributed by atoms with E-state index in [1.54, 1.807) is 0 Å². The minimum Gasteiger partial charge on any atom is -0.445 e. The van der Waals surface area contributed by atoms with Gasteiger partial charge in [-0.2, -0.15) is 27.0 Å². The number of hydrogen-bond acceptors (Lipinski definition) is 2. The van der Waals surface area contributed by atoms with Gasteiger partial charge >= 0.3 is 6.09 Å². The van der Waals surface area contributed by atoms with Crippen LogP contribution in [0.4, 0.5) is 4.79 Å². The molecule has 0 unspecified atom stereocenters. The van der Waals surface area contributed by atoms with Crippen LogP contribution >= 0.6 is 27.0 Å². The molecule has 1 aromatic rings. The Balaban J connectivity index is 0. The van der Waals surface area contributed by atoms with Crippen LogP contribution in [-0.4, -0.2) is 6.09 Å². The average Bonchev–Trinajstić information content (AvgIpc) is 2.03. The number of carbonyl (C=O) groups excluding carboxylic acids is 1. The van der Waals surface area contributed by atoms with E-state index >= 15 is 0 Å². The molecule has 0 aliphatic rings. The van der Waals surface area contributed by atoms with E-state index < -0.39 is 6.09 Å². The molecule has 5 heteroatoms. The van der Waals surface area contributed by atoms with Crippen molar-refractivity contribution in [2.45, 2.75) is 6.61 Å². The Bertz CT molecular complexity index is 241. The summed E-state index contributed by atoms with van der Waals surface area (Å²) in [6.45, 7) is 0.246. The van der Waals surface area contributed by atoms with Crippen molar-refractivity contribution in [1.29, 1.82) is 0 Å². The molecule has 0 aliphatic carbocycles. The van der Waals surface area contributed by atoms with Crippen molar-refractivity contribution in [3.63, 3.8) is 0 Å². The van der Waals surface area contributed by atoms with Crippen LogP contribution < -0.4 is 5.73 Å². The molecule has 1 rings (SSSR count). The Morgan fingerprint density at radius 2 is 1.77 bits per heavy atom. The molecule has 13 heavy (non-hydrogen) atoms. The molecule has 1 aromatic carbocycles. The zero-order valence-electron chi connectivity index (χ0n) is 6.99. The lowest BCUT2D eigenvalue weighted by Gasteiger charge is -1.99. The number of rotatable bonds is 2. The second-order valence-electron chi connectivity index (χ2n) is 2.09. The third-order valence-electron chi connectivity index (χ3n) is 1.22. The van der Waals surface area contributed by atoms with Gasteiger partial charge in [0, 0.05) is 0 Å². The first-order valence-corrected chi connectivity index (χ1v) is 3.25. The third kappa shape index (κ3) is 6.36. The van der Waals surface area contributed by atoms with Crippen molar-refractivity contribution in [3.8, 4) is 0 Å². The van der Waals surface area contributed by atoms with Crippen LogP contribution in [0.15, 0.2) is 30.3 Å². The smallest absolute Gasteiger partial charge is 0.404 e. The first-order valence-electron chi connectivity index (χ1n) is 3.25. The van der Waals surface area contributed by atoms with Crippen molar-refractivity contribution >= 4 is 33.1 Å². The second kappa shape index (κ2) is 7.82. The Morgan fingerprint density at radius 1 is 1.23 bits per heavy atom. The van der Waals surface area contributed by atoms with E-state index in [-0.39, 0.29) is 33.6 Å². The molecular weight excluding hydrogens is 206 g/mol. The number of ether oxygens (including phenoxy) is 1. The molecule has 0 heterocycles. The van der Waals surface area contributed by atoms with Crippen LogP contribution in [0.3, 0.4) is 0 Å². The van der Waals surface area contributed by atoms with Gasteiger partial charge in [0.2, 0.25) is 0 Å². The topological polar surface area (TPSA) is 52.3 Å². The first-order chi connectivity index (χ1) is 5.29. The van der Waals surface area contributed by atoms with E-state index in [0.717, 1.165) is 5.56 Å². The fourth-order valence-corrected chi connectivity index (χ4v) is 0.729. The molecular formula is C8H13NO2S2. The van der Waals surface area contributed by atoms with Crippen LogP contribution in [0.5, 0.6) is 0 Å². The molecule has 74 valence electrons. The molecule has 0 saturated carbocycles. The van der Waals surface area contributed by atoms with Gasteiger partial charge in [0.15, 0.2) is 0 Å². The third-order valence-corrected chi connectivity index (χ3v) is 1.22. The van der Waals surface area contributed by atoms with Gasteiger partial charge in [-0.25, -0.2) is 4.79 Å². The molecule has 0 atom stereocenters. The summed E-state index contributed by atoms with van der Waals surface area (Å²) in [5, 5.41) is 0. The van der Waals surface area contributed by atoms with E-state index in [4.69, 9.17) is 5.73 Å². The van der Waals surface area contributed by atoms with Crippen molar-refractivity contribution in [2.75, 3.05) is 0 Å². The van der Waals surface area contributed by atoms with Crippen LogP contribution in [0.2, 0.25) is 0 Å². The molecule has 1 amide bonds. The summed E-state index contributed by atoms with van der Waals surface area (Å²) in [6, 6.07) is 9.37. The van der Waals surface area contributed by atoms with Gasteiger partial charge in [-0.1, -0.05) is 30.3 Å². The molecule has 3 nitrogen and oxygen atoms in total. The molecule has 0 aromatic heterocycles. The zero-order valence-corrected chi connectivity index (χ0v) is 8.99. The van der Waals surface area contributed by atoms with Gasteiger partial charge in [-0.3, -0.25) is 0 Å². The lowest BCUT2D eigenvalue weighted by Crippen LogP contribution is -2.12. The van der Waals surface area contributed by atoms with Gasteiger partial charge in [0.1, 0.15) is 6.61 Å². The number of hydrogen-bond donors (Lipinski definition) is 1. The highest BCUT2D eigenvalue weighted by atomic mass is 32.1. The Morgan fingerprint density at radius 3 is 2.23 bits per heavy atom. The predicted molar refractivity (Wildman–Crippen MR) is 61.6 cm³/mol. The number of amides is 1. The minimum atomic E-state index is -0.742. The van der Waals surface area contributed by atoms with Crippen molar-refractivity contribution in [1.82, 2.24) is 0 Å². The summed E-state index contributed by atoms with van der Waals surface area (Å²) in [7, 11) is 0. The van der Waals surface area contributed by atoms with E-state index in [0.29, 0.717) is 0 Å². The van der Waals surface area contributed by atoms with Crippen LogP contribution in [0.25, 0.3) is 0 Å². The summed E-state index contributed by atoms with van der Waals surface area (Å²) in [5.74, 6) is 0. The Hall–Kier alpha value is -0.810. The maximum atomic E-state index is 10.2. The molecule has 2 N–H and O–H groups in total. The molecule has 0 aliphatic heterocycles. The van der Waals surface area contributed by atoms with Crippen molar-refractivity contribution in [2.24, 2.45) is 5.73 Å². The zero-order chi connectivity index (χ0) is 8.10. The van der Waals surface area contributed by atoms with E-state index in [2.05, 4.69) is 4.74 Å². The highest BCUT2D eigenvalue weighted by Gasteiger charge is 1.93. The number of primary amides is 1. The van der Waals surface area contributed by atoms with Gasteiger partial charge in [0.05, 0.1) is 0 Å². The van der Waals surface area contributed by atoms with Gasteiger partial charge in [-0.15, -0.1) is 0 Å². The quantitative estimate of drug-likeness (QED) is 0.819.